The molecule has 3 heteroatoms. The van der Waals surface area contributed by atoms with E-state index >= 15 is 0 Å². The summed E-state index contributed by atoms with van der Waals surface area (Å²) >= 11 is 7.28. The molecule has 1 atom stereocenters. The molecule has 2 aromatic carbocycles. The second-order valence-electron chi connectivity index (χ2n) is 6.35. The minimum atomic E-state index is 0.742. The molecule has 3 aromatic rings. The monoisotopic (exact) mass is 435 g/mol. The predicted octanol–water partition coefficient (Wildman–Crippen LogP) is 7.54. The SMILES string of the molecule is CCCCC(CC)Cn1c2cc(Br)ccc2c2ccc(Br)cc21. The van der Waals surface area contributed by atoms with E-state index in [-0.39, 0.29) is 0 Å². The molecule has 0 radical (unpaired) electrons. The summed E-state index contributed by atoms with van der Waals surface area (Å²) in [6.07, 6.45) is 5.16. The lowest BCUT2D eigenvalue weighted by Gasteiger charge is -2.17. The van der Waals surface area contributed by atoms with Gasteiger partial charge in [0.05, 0.1) is 11.0 Å². The summed E-state index contributed by atoms with van der Waals surface area (Å²) in [7, 11) is 0. The third-order valence-electron chi connectivity index (χ3n) is 4.78. The molecule has 0 bridgehead atoms. The molecule has 0 aliphatic rings. The van der Waals surface area contributed by atoms with Crippen LogP contribution in [0.25, 0.3) is 21.8 Å². The Morgan fingerprint density at radius 2 is 1.48 bits per heavy atom. The van der Waals surface area contributed by atoms with E-state index in [0.717, 1.165) is 21.4 Å². The number of benzene rings is 2. The molecule has 1 nitrogen and oxygen atoms in total. The van der Waals surface area contributed by atoms with Crippen molar-refractivity contribution in [2.45, 2.75) is 46.1 Å². The van der Waals surface area contributed by atoms with Crippen molar-refractivity contribution in [2.75, 3.05) is 0 Å². The van der Waals surface area contributed by atoms with Crippen molar-refractivity contribution in [3.63, 3.8) is 0 Å². The molecule has 1 unspecified atom stereocenters. The number of hydrogen-bond donors (Lipinski definition) is 0. The highest BCUT2D eigenvalue weighted by molar-refractivity contribution is 9.10. The van der Waals surface area contributed by atoms with Crippen molar-refractivity contribution in [1.82, 2.24) is 4.57 Å². The second kappa shape index (κ2) is 7.40. The smallest absolute Gasteiger partial charge is 0.0502 e. The molecule has 1 aromatic heterocycles. The fourth-order valence-electron chi connectivity index (χ4n) is 3.41. The van der Waals surface area contributed by atoms with Crippen molar-refractivity contribution in [3.05, 3.63) is 45.3 Å². The Labute approximate surface area is 155 Å². The van der Waals surface area contributed by atoms with Crippen molar-refractivity contribution in [1.29, 1.82) is 0 Å². The van der Waals surface area contributed by atoms with Crippen LogP contribution in [0.15, 0.2) is 45.3 Å². The van der Waals surface area contributed by atoms with Gasteiger partial charge in [0.15, 0.2) is 0 Å². The normalized spacial score (nSPS) is 13.0. The molecule has 0 fully saturated rings. The maximum Gasteiger partial charge on any atom is 0.0502 e. The van der Waals surface area contributed by atoms with Crippen molar-refractivity contribution in [2.24, 2.45) is 5.92 Å². The largest absolute Gasteiger partial charge is 0.340 e. The minimum absolute atomic E-state index is 0.742. The molecule has 0 spiro atoms. The number of rotatable bonds is 6. The van der Waals surface area contributed by atoms with Crippen LogP contribution in [0.3, 0.4) is 0 Å². The van der Waals surface area contributed by atoms with Gasteiger partial charge in [-0.25, -0.2) is 0 Å². The van der Waals surface area contributed by atoms with Crippen LogP contribution in [0.1, 0.15) is 39.5 Å². The zero-order chi connectivity index (χ0) is 16.4. The highest BCUT2D eigenvalue weighted by atomic mass is 79.9. The van der Waals surface area contributed by atoms with E-state index in [2.05, 4.69) is 86.7 Å². The molecule has 0 saturated heterocycles. The van der Waals surface area contributed by atoms with Gasteiger partial charge in [-0.05, 0) is 36.6 Å². The summed E-state index contributed by atoms with van der Waals surface area (Å²) in [5, 5.41) is 2.70. The summed E-state index contributed by atoms with van der Waals surface area (Å²) in [5.41, 5.74) is 2.67. The zero-order valence-corrected chi connectivity index (χ0v) is 17.0. The van der Waals surface area contributed by atoms with Gasteiger partial charge >= 0.3 is 0 Å². The van der Waals surface area contributed by atoms with Crippen LogP contribution in [0.4, 0.5) is 0 Å². The summed E-state index contributed by atoms with van der Waals surface area (Å²) in [5.74, 6) is 0.742. The Hall–Kier alpha value is -0.800. The highest BCUT2D eigenvalue weighted by Gasteiger charge is 2.15. The molecule has 0 aliphatic heterocycles. The fourth-order valence-corrected chi connectivity index (χ4v) is 4.11. The van der Waals surface area contributed by atoms with Crippen molar-refractivity contribution in [3.8, 4) is 0 Å². The fraction of sp³-hybridized carbons (Fsp3) is 0.400. The van der Waals surface area contributed by atoms with Gasteiger partial charge in [0.25, 0.3) is 0 Å². The van der Waals surface area contributed by atoms with Gasteiger partial charge in [0, 0.05) is 26.3 Å². The van der Waals surface area contributed by atoms with Gasteiger partial charge in [-0.2, -0.15) is 0 Å². The van der Waals surface area contributed by atoms with Gasteiger partial charge in [0.2, 0.25) is 0 Å². The number of fused-ring (bicyclic) bond motifs is 3. The summed E-state index contributed by atoms with van der Waals surface area (Å²) < 4.78 is 4.81. The molecule has 0 amide bonds. The predicted molar refractivity (Wildman–Crippen MR) is 108 cm³/mol. The Morgan fingerprint density at radius 3 is 1.96 bits per heavy atom. The molecule has 122 valence electrons. The minimum Gasteiger partial charge on any atom is -0.340 e. The lowest BCUT2D eigenvalue weighted by molar-refractivity contribution is 0.401. The lowest BCUT2D eigenvalue weighted by atomic mass is 9.99. The number of aromatic nitrogens is 1. The van der Waals surface area contributed by atoms with Gasteiger partial charge in [-0.3, -0.25) is 0 Å². The third kappa shape index (κ3) is 3.51. The molecular formula is C20H23Br2N. The molecule has 0 saturated carbocycles. The first kappa shape index (κ1) is 17.0. The van der Waals surface area contributed by atoms with E-state index in [0.29, 0.717) is 0 Å². The summed E-state index contributed by atoms with van der Waals surface area (Å²) in [4.78, 5) is 0. The molecule has 1 heterocycles. The first-order valence-corrected chi connectivity index (χ1v) is 10.1. The van der Waals surface area contributed by atoms with Gasteiger partial charge in [-0.15, -0.1) is 0 Å². The number of nitrogens with zero attached hydrogens (tertiary/aromatic N) is 1. The number of hydrogen-bond acceptors (Lipinski definition) is 0. The van der Waals surface area contributed by atoms with E-state index in [9.17, 15) is 0 Å². The standard InChI is InChI=1S/C20H23Br2N/c1-3-5-6-14(4-2)13-23-19-11-15(21)7-9-17(19)18-10-8-16(22)12-20(18)23/h7-12,14H,3-6,13H2,1-2H3. The molecular weight excluding hydrogens is 414 g/mol. The van der Waals surface area contributed by atoms with E-state index in [1.54, 1.807) is 0 Å². The van der Waals surface area contributed by atoms with Crippen LogP contribution in [0.2, 0.25) is 0 Å². The van der Waals surface area contributed by atoms with Gasteiger partial charge in [0.1, 0.15) is 0 Å². The van der Waals surface area contributed by atoms with E-state index in [1.807, 2.05) is 0 Å². The first-order valence-electron chi connectivity index (χ1n) is 8.51. The van der Waals surface area contributed by atoms with Crippen molar-refractivity contribution >= 4 is 53.7 Å². The Balaban J connectivity index is 2.14. The quantitative estimate of drug-likeness (QED) is 0.376. The Kier molecular flexibility index (Phi) is 5.48. The highest BCUT2D eigenvalue weighted by Crippen LogP contribution is 2.34. The van der Waals surface area contributed by atoms with E-state index in [1.165, 1.54) is 47.5 Å². The Morgan fingerprint density at radius 1 is 0.913 bits per heavy atom. The topological polar surface area (TPSA) is 4.93 Å². The number of unbranched alkanes of at least 4 members (excludes halogenated alkanes) is 1. The van der Waals surface area contributed by atoms with Crippen LogP contribution in [-0.2, 0) is 6.54 Å². The van der Waals surface area contributed by atoms with Crippen LogP contribution >= 0.6 is 31.9 Å². The third-order valence-corrected chi connectivity index (χ3v) is 5.76. The molecule has 0 aliphatic carbocycles. The van der Waals surface area contributed by atoms with Gasteiger partial charge in [-0.1, -0.05) is 77.1 Å². The van der Waals surface area contributed by atoms with E-state index < -0.39 is 0 Å². The van der Waals surface area contributed by atoms with Gasteiger partial charge < -0.3 is 4.57 Å². The maximum atomic E-state index is 3.64. The lowest BCUT2D eigenvalue weighted by Crippen LogP contribution is -2.10. The average Bonchev–Trinajstić information content (AvgIpc) is 2.83. The molecule has 3 rings (SSSR count). The zero-order valence-electron chi connectivity index (χ0n) is 13.8. The molecule has 0 N–H and O–H groups in total. The Bertz CT molecular complexity index is 760. The summed E-state index contributed by atoms with van der Waals surface area (Å²) in [6, 6.07) is 13.3. The average molecular weight is 437 g/mol. The molecule has 23 heavy (non-hydrogen) atoms. The summed E-state index contributed by atoms with van der Waals surface area (Å²) in [6.45, 7) is 5.70. The second-order valence-corrected chi connectivity index (χ2v) is 8.18. The van der Waals surface area contributed by atoms with Crippen LogP contribution < -0.4 is 0 Å². The maximum absolute atomic E-state index is 3.64. The van der Waals surface area contributed by atoms with Crippen LogP contribution in [0, 0.1) is 5.92 Å². The first-order chi connectivity index (χ1) is 11.1. The van der Waals surface area contributed by atoms with Crippen molar-refractivity contribution < 1.29 is 0 Å². The van der Waals surface area contributed by atoms with E-state index in [4.69, 9.17) is 0 Å². The van der Waals surface area contributed by atoms with Crippen LogP contribution in [-0.4, -0.2) is 4.57 Å². The van der Waals surface area contributed by atoms with Crippen LogP contribution in [0.5, 0.6) is 0 Å². The number of halogens is 2.